The van der Waals surface area contributed by atoms with Gasteiger partial charge in [-0.3, -0.25) is 0 Å². The van der Waals surface area contributed by atoms with Crippen LogP contribution in [0.4, 0.5) is 0 Å². The molecule has 1 fully saturated rings. The summed E-state index contributed by atoms with van der Waals surface area (Å²) in [5.74, 6) is 0.0978. The smallest absolute Gasteiger partial charge is 0.379 e. The average Bonchev–Trinajstić information content (AvgIpc) is 2.89. The van der Waals surface area contributed by atoms with E-state index in [4.69, 9.17) is 15.0 Å². The minimum Gasteiger partial charge on any atom is -0.460 e. The molecule has 0 aliphatic heterocycles. The van der Waals surface area contributed by atoms with Crippen molar-refractivity contribution in [3.8, 4) is 0 Å². The lowest BCUT2D eigenvalue weighted by molar-refractivity contribution is 0.0508. The second-order valence-electron chi connectivity index (χ2n) is 4.60. The van der Waals surface area contributed by atoms with Gasteiger partial charge in [0.05, 0.1) is 12.6 Å². The Morgan fingerprint density at radius 3 is 2.89 bits per heavy atom. The van der Waals surface area contributed by atoms with Crippen LogP contribution in [0, 0.1) is 5.92 Å². The van der Waals surface area contributed by atoms with Crippen LogP contribution in [-0.2, 0) is 4.74 Å². The topological polar surface area (TPSA) is 91.2 Å². The summed E-state index contributed by atoms with van der Waals surface area (Å²) in [5, 5.41) is 3.61. The molecule has 1 unspecified atom stereocenters. The van der Waals surface area contributed by atoms with Gasteiger partial charge in [-0.05, 0) is 30.8 Å². The number of hydrogen-bond donors (Lipinski definition) is 1. The standard InChI is InChI=1S/C12H19N3O3/c1-2-17-12(16)10-14-11(18-15-10)9(13)8-6-4-3-5-7-8/h8-9H,2-7,13H2,1H3. The van der Waals surface area contributed by atoms with Crippen LogP contribution in [0.5, 0.6) is 0 Å². The predicted molar refractivity (Wildman–Crippen MR) is 63.8 cm³/mol. The van der Waals surface area contributed by atoms with Gasteiger partial charge in [0.1, 0.15) is 0 Å². The molecule has 2 N–H and O–H groups in total. The van der Waals surface area contributed by atoms with Gasteiger partial charge in [-0.15, -0.1) is 0 Å². The van der Waals surface area contributed by atoms with Crippen LogP contribution >= 0.6 is 0 Å². The van der Waals surface area contributed by atoms with Crippen molar-refractivity contribution in [1.29, 1.82) is 0 Å². The van der Waals surface area contributed by atoms with E-state index < -0.39 is 5.97 Å². The normalized spacial score (nSPS) is 18.6. The number of hydrogen-bond acceptors (Lipinski definition) is 6. The van der Waals surface area contributed by atoms with Gasteiger partial charge < -0.3 is 15.0 Å². The highest BCUT2D eigenvalue weighted by molar-refractivity contribution is 5.84. The summed E-state index contributed by atoms with van der Waals surface area (Å²) in [6.07, 6.45) is 5.81. The molecule has 0 spiro atoms. The highest BCUT2D eigenvalue weighted by atomic mass is 16.5. The molecule has 0 radical (unpaired) electrons. The highest BCUT2D eigenvalue weighted by Gasteiger charge is 2.27. The van der Waals surface area contributed by atoms with Crippen molar-refractivity contribution >= 4 is 5.97 Å². The number of carbonyl (C=O) groups is 1. The Kier molecular flexibility index (Phi) is 4.30. The van der Waals surface area contributed by atoms with E-state index in [1.807, 2.05) is 0 Å². The SMILES string of the molecule is CCOC(=O)c1noc(C(N)C2CCCCC2)n1. The molecule has 1 aromatic rings. The molecule has 1 saturated carbocycles. The maximum atomic E-state index is 11.4. The van der Waals surface area contributed by atoms with Crippen molar-refractivity contribution in [2.75, 3.05) is 6.61 Å². The Morgan fingerprint density at radius 1 is 1.50 bits per heavy atom. The van der Waals surface area contributed by atoms with Crippen molar-refractivity contribution in [2.24, 2.45) is 11.7 Å². The monoisotopic (exact) mass is 253 g/mol. The minimum atomic E-state index is -0.566. The first-order valence-corrected chi connectivity index (χ1v) is 6.48. The van der Waals surface area contributed by atoms with Crippen molar-refractivity contribution in [3.05, 3.63) is 11.7 Å². The van der Waals surface area contributed by atoms with Gasteiger partial charge in [-0.2, -0.15) is 4.98 Å². The van der Waals surface area contributed by atoms with Crippen LogP contribution in [0.2, 0.25) is 0 Å². The molecular formula is C12H19N3O3. The summed E-state index contributed by atoms with van der Waals surface area (Å²) in [6.45, 7) is 2.02. The summed E-state index contributed by atoms with van der Waals surface area (Å²) in [5.41, 5.74) is 6.11. The average molecular weight is 253 g/mol. The lowest BCUT2D eigenvalue weighted by atomic mass is 9.84. The Labute approximate surface area is 106 Å². The fourth-order valence-electron chi connectivity index (χ4n) is 2.34. The quantitative estimate of drug-likeness (QED) is 0.823. The zero-order valence-electron chi connectivity index (χ0n) is 10.6. The predicted octanol–water partition coefficient (Wildman–Crippen LogP) is 1.83. The zero-order valence-corrected chi connectivity index (χ0v) is 10.6. The number of carbonyl (C=O) groups excluding carboxylic acids is 1. The molecule has 0 saturated heterocycles. The third-order valence-corrected chi connectivity index (χ3v) is 3.34. The molecule has 1 aliphatic carbocycles. The molecule has 1 atom stereocenters. The Balaban J connectivity index is 2.02. The van der Waals surface area contributed by atoms with E-state index in [0.717, 1.165) is 12.8 Å². The van der Waals surface area contributed by atoms with Gasteiger partial charge in [0.15, 0.2) is 0 Å². The van der Waals surface area contributed by atoms with E-state index >= 15 is 0 Å². The van der Waals surface area contributed by atoms with Gasteiger partial charge in [0.2, 0.25) is 5.89 Å². The number of esters is 1. The van der Waals surface area contributed by atoms with Gasteiger partial charge >= 0.3 is 5.97 Å². The fraction of sp³-hybridized carbons (Fsp3) is 0.750. The number of rotatable bonds is 4. The third kappa shape index (κ3) is 2.87. The van der Waals surface area contributed by atoms with Crippen LogP contribution < -0.4 is 5.73 Å². The first kappa shape index (κ1) is 13.0. The maximum absolute atomic E-state index is 11.4. The van der Waals surface area contributed by atoms with Crippen LogP contribution in [-0.4, -0.2) is 22.7 Å². The summed E-state index contributed by atoms with van der Waals surface area (Å²) < 4.78 is 9.86. The fourth-order valence-corrected chi connectivity index (χ4v) is 2.34. The number of nitrogens with two attached hydrogens (primary N) is 1. The van der Waals surface area contributed by atoms with Gasteiger partial charge in [-0.1, -0.05) is 19.3 Å². The van der Waals surface area contributed by atoms with Crippen molar-refractivity contribution in [3.63, 3.8) is 0 Å². The second kappa shape index (κ2) is 5.95. The van der Waals surface area contributed by atoms with E-state index in [9.17, 15) is 4.79 Å². The molecule has 6 nitrogen and oxygen atoms in total. The zero-order chi connectivity index (χ0) is 13.0. The number of aromatic nitrogens is 2. The van der Waals surface area contributed by atoms with Gasteiger partial charge in [0.25, 0.3) is 5.82 Å². The summed E-state index contributed by atoms with van der Waals surface area (Å²) in [6, 6.07) is -0.277. The number of nitrogens with zero attached hydrogens (tertiary/aromatic N) is 2. The first-order chi connectivity index (χ1) is 8.72. The molecule has 6 heteroatoms. The lowest BCUT2D eigenvalue weighted by Crippen LogP contribution is -2.24. The largest absolute Gasteiger partial charge is 0.460 e. The van der Waals surface area contributed by atoms with Crippen molar-refractivity contribution < 1.29 is 14.1 Å². The van der Waals surface area contributed by atoms with Crippen LogP contribution in [0.15, 0.2) is 4.52 Å². The molecule has 0 aromatic carbocycles. The molecule has 1 heterocycles. The lowest BCUT2D eigenvalue weighted by Gasteiger charge is -2.24. The summed E-state index contributed by atoms with van der Waals surface area (Å²) >= 11 is 0. The third-order valence-electron chi connectivity index (χ3n) is 3.34. The maximum Gasteiger partial charge on any atom is 0.379 e. The molecule has 18 heavy (non-hydrogen) atoms. The summed E-state index contributed by atoms with van der Waals surface area (Å²) in [4.78, 5) is 15.4. The second-order valence-corrected chi connectivity index (χ2v) is 4.60. The van der Waals surface area contributed by atoms with Crippen molar-refractivity contribution in [2.45, 2.75) is 45.1 Å². The summed E-state index contributed by atoms with van der Waals surface area (Å²) in [7, 11) is 0. The van der Waals surface area contributed by atoms with Crippen molar-refractivity contribution in [1.82, 2.24) is 10.1 Å². The minimum absolute atomic E-state index is 0.0434. The molecular weight excluding hydrogens is 234 g/mol. The first-order valence-electron chi connectivity index (χ1n) is 6.48. The Morgan fingerprint density at radius 2 is 2.22 bits per heavy atom. The molecule has 1 aromatic heterocycles. The number of ether oxygens (including phenoxy) is 1. The molecule has 100 valence electrons. The van der Waals surface area contributed by atoms with Crippen LogP contribution in [0.3, 0.4) is 0 Å². The van der Waals surface area contributed by atoms with Crippen LogP contribution in [0.1, 0.15) is 61.6 Å². The Bertz CT molecular complexity index is 399. The molecule has 1 aliphatic rings. The molecule has 0 amide bonds. The van der Waals surface area contributed by atoms with E-state index in [2.05, 4.69) is 10.1 Å². The van der Waals surface area contributed by atoms with E-state index in [-0.39, 0.29) is 18.5 Å². The Hall–Kier alpha value is -1.43. The van der Waals surface area contributed by atoms with E-state index in [1.54, 1.807) is 6.92 Å². The highest BCUT2D eigenvalue weighted by Crippen LogP contribution is 2.32. The van der Waals surface area contributed by atoms with E-state index in [0.29, 0.717) is 11.8 Å². The molecule has 2 rings (SSSR count). The van der Waals surface area contributed by atoms with E-state index in [1.165, 1.54) is 19.3 Å². The van der Waals surface area contributed by atoms with Crippen LogP contribution in [0.25, 0.3) is 0 Å². The van der Waals surface area contributed by atoms with Gasteiger partial charge in [-0.25, -0.2) is 4.79 Å². The molecule has 0 bridgehead atoms. The van der Waals surface area contributed by atoms with Gasteiger partial charge in [0, 0.05) is 0 Å².